The summed E-state index contributed by atoms with van der Waals surface area (Å²) in [6.45, 7) is 4.79. The molecule has 0 radical (unpaired) electrons. The van der Waals surface area contributed by atoms with Crippen LogP contribution >= 0.6 is 0 Å². The number of anilines is 1. The fourth-order valence-electron chi connectivity index (χ4n) is 4.31. The highest BCUT2D eigenvalue weighted by Crippen LogP contribution is 2.55. The van der Waals surface area contributed by atoms with Gasteiger partial charge in [0.15, 0.2) is 17.2 Å². The van der Waals surface area contributed by atoms with E-state index in [1.807, 2.05) is 0 Å². The number of carbonyl (C=O) groups excluding carboxylic acids is 2. The molecule has 1 unspecified atom stereocenters. The lowest BCUT2D eigenvalue weighted by atomic mass is 9.77. The molecule has 7 nitrogen and oxygen atoms in total. The summed E-state index contributed by atoms with van der Waals surface area (Å²) >= 11 is 0. The first-order valence-electron chi connectivity index (χ1n) is 10.9. The lowest BCUT2D eigenvalue weighted by Gasteiger charge is -2.32. The van der Waals surface area contributed by atoms with E-state index in [1.165, 1.54) is 32.2 Å². The quantitative estimate of drug-likeness (QED) is 0.426. The Morgan fingerprint density at radius 1 is 1.22 bits per heavy atom. The number of hydrogen-bond acceptors (Lipinski definition) is 6. The minimum Gasteiger partial charge on any atom is -0.493 e. The van der Waals surface area contributed by atoms with Gasteiger partial charge >= 0.3 is 12.1 Å². The molecule has 2 heterocycles. The molecule has 1 saturated heterocycles. The number of aromatic nitrogens is 1. The summed E-state index contributed by atoms with van der Waals surface area (Å²) in [6.07, 6.45) is -6.06. The number of nitrogens with one attached hydrogen (secondary N) is 1. The number of rotatable bonds is 6. The van der Waals surface area contributed by atoms with Crippen LogP contribution in [0.1, 0.15) is 51.0 Å². The van der Waals surface area contributed by atoms with E-state index < -0.39 is 65.1 Å². The van der Waals surface area contributed by atoms with Crippen molar-refractivity contribution >= 4 is 17.6 Å². The molecule has 36 heavy (non-hydrogen) atoms. The van der Waals surface area contributed by atoms with Crippen molar-refractivity contribution in [2.75, 3.05) is 12.4 Å². The van der Waals surface area contributed by atoms with Crippen LogP contribution in [0.3, 0.4) is 0 Å². The largest absolute Gasteiger partial charge is 0.493 e. The van der Waals surface area contributed by atoms with Gasteiger partial charge in [0.05, 0.1) is 12.8 Å². The van der Waals surface area contributed by atoms with Crippen LogP contribution in [0.15, 0.2) is 30.5 Å². The van der Waals surface area contributed by atoms with Crippen LogP contribution in [0.4, 0.5) is 27.6 Å². The summed E-state index contributed by atoms with van der Waals surface area (Å²) in [7, 11) is 1.04. The summed E-state index contributed by atoms with van der Waals surface area (Å²) in [4.78, 5) is 28.5. The van der Waals surface area contributed by atoms with Crippen LogP contribution in [0.2, 0.25) is 0 Å². The smallest absolute Gasteiger partial charge is 0.417 e. The zero-order valence-electron chi connectivity index (χ0n) is 20.1. The first-order chi connectivity index (χ1) is 16.7. The van der Waals surface area contributed by atoms with Crippen molar-refractivity contribution in [1.29, 1.82) is 0 Å². The molecule has 196 valence electrons. The van der Waals surface area contributed by atoms with Gasteiger partial charge < -0.3 is 19.5 Å². The minimum absolute atomic E-state index is 0.143. The van der Waals surface area contributed by atoms with Gasteiger partial charge in [0.1, 0.15) is 12.2 Å². The molecule has 1 aromatic carbocycles. The van der Waals surface area contributed by atoms with Crippen molar-refractivity contribution in [3.63, 3.8) is 0 Å². The van der Waals surface area contributed by atoms with E-state index in [-0.39, 0.29) is 16.9 Å². The molecule has 12 heteroatoms. The Morgan fingerprint density at radius 3 is 2.47 bits per heavy atom. The van der Waals surface area contributed by atoms with E-state index in [2.05, 4.69) is 10.3 Å². The van der Waals surface area contributed by atoms with E-state index in [1.54, 1.807) is 6.92 Å². The maximum Gasteiger partial charge on any atom is 0.417 e. The molecule has 1 aromatic heterocycles. The Bertz CT molecular complexity index is 1160. The number of pyridine rings is 1. The molecule has 1 fully saturated rings. The number of ether oxygens (including phenoxy) is 3. The van der Waals surface area contributed by atoms with Crippen molar-refractivity contribution in [2.24, 2.45) is 5.92 Å². The first kappa shape index (κ1) is 27.3. The second-order valence-electron chi connectivity index (χ2n) is 8.65. The first-order valence-corrected chi connectivity index (χ1v) is 10.9. The third-order valence-electron chi connectivity index (χ3n) is 6.38. The predicted octanol–water partition coefficient (Wildman–Crippen LogP) is 5.07. The monoisotopic (exact) mass is 516 g/mol. The van der Waals surface area contributed by atoms with Gasteiger partial charge in [-0.1, -0.05) is 13.0 Å². The van der Waals surface area contributed by atoms with Crippen molar-refractivity contribution in [1.82, 2.24) is 4.98 Å². The van der Waals surface area contributed by atoms with Crippen molar-refractivity contribution < 1.29 is 45.8 Å². The lowest BCUT2D eigenvalue weighted by molar-refractivity contribution is -0.272. The molecule has 0 aliphatic carbocycles. The zero-order valence-corrected chi connectivity index (χ0v) is 20.1. The second kappa shape index (κ2) is 10.00. The van der Waals surface area contributed by atoms with Crippen LogP contribution in [0, 0.1) is 17.6 Å². The van der Waals surface area contributed by atoms with Crippen molar-refractivity contribution in [3.8, 4) is 5.75 Å². The molecule has 0 spiro atoms. The summed E-state index contributed by atoms with van der Waals surface area (Å²) in [5, 5.41) is 2.49. The maximum absolute atomic E-state index is 14.4. The highest BCUT2D eigenvalue weighted by molar-refractivity contribution is 5.95. The predicted molar refractivity (Wildman–Crippen MR) is 117 cm³/mol. The number of esters is 1. The van der Waals surface area contributed by atoms with Crippen molar-refractivity contribution in [2.45, 2.75) is 57.6 Å². The normalized spacial score (nSPS) is 24.8. The molecule has 1 aliphatic heterocycles. The second-order valence-corrected chi connectivity index (χ2v) is 8.65. The molecule has 1 aliphatic rings. The molecule has 0 bridgehead atoms. The SMILES string of the molecule is COc1c([C@H]2[C@H](C(=O)Nc3ccnc(C(C)OC(C)=O)c3)O[C@@](C)(C(F)(F)F)[C@H]2C)ccc(F)c1F. The number of nitrogens with zero attached hydrogens (tertiary/aromatic N) is 1. The molecule has 1 N–H and O–H groups in total. The number of amides is 1. The van der Waals surface area contributed by atoms with Crippen LogP contribution in [0.5, 0.6) is 5.75 Å². The maximum atomic E-state index is 14.4. The fraction of sp³-hybridized carbons (Fsp3) is 0.458. The van der Waals surface area contributed by atoms with Gasteiger partial charge in [-0.2, -0.15) is 17.6 Å². The molecule has 0 saturated carbocycles. The minimum atomic E-state index is -4.88. The summed E-state index contributed by atoms with van der Waals surface area (Å²) < 4.78 is 85.8. The van der Waals surface area contributed by atoms with Crippen LogP contribution in [0.25, 0.3) is 0 Å². The Morgan fingerprint density at radius 2 is 1.89 bits per heavy atom. The van der Waals surface area contributed by atoms with Crippen molar-refractivity contribution in [3.05, 3.63) is 53.4 Å². The number of halogens is 5. The fourth-order valence-corrected chi connectivity index (χ4v) is 4.31. The lowest BCUT2D eigenvalue weighted by Crippen LogP contribution is -2.47. The third-order valence-corrected chi connectivity index (χ3v) is 6.38. The Balaban J connectivity index is 2.01. The van der Waals surface area contributed by atoms with E-state index in [9.17, 15) is 31.5 Å². The number of alkyl halides is 3. The zero-order chi connectivity index (χ0) is 27.0. The van der Waals surface area contributed by atoms with Gasteiger partial charge in [-0.3, -0.25) is 14.6 Å². The highest BCUT2D eigenvalue weighted by atomic mass is 19.4. The van der Waals surface area contributed by atoms with Gasteiger partial charge in [0.2, 0.25) is 5.82 Å². The Labute approximate surface area is 203 Å². The number of methoxy groups -OCH3 is 1. The molecule has 5 atom stereocenters. The van der Waals surface area contributed by atoms with E-state index in [0.717, 1.165) is 26.2 Å². The molecular formula is C24H25F5N2O5. The standard InChI is InChI=1S/C24H25F5N2O5/c1-11-18(15-6-7-16(25)19(26)20(15)34-5)21(36-23(11,4)24(27,28)29)22(33)31-14-8-9-30-17(10-14)12(2)35-13(3)32/h6-12,18,21H,1-5H3,(H,30,31,33)/t11-,12?,18-,21+,23+/m0/s1. The average Bonchev–Trinajstić information content (AvgIpc) is 3.07. The molecule has 1 amide bonds. The number of carbonyl (C=O) groups is 2. The Hall–Kier alpha value is -3.28. The Kier molecular flexibility index (Phi) is 7.58. The average molecular weight is 516 g/mol. The summed E-state index contributed by atoms with van der Waals surface area (Å²) in [5.74, 6) is -7.49. The highest BCUT2D eigenvalue weighted by Gasteiger charge is 2.65. The topological polar surface area (TPSA) is 86.8 Å². The number of hydrogen-bond donors (Lipinski definition) is 1. The van der Waals surface area contributed by atoms with Gasteiger partial charge in [0.25, 0.3) is 5.91 Å². The van der Waals surface area contributed by atoms with Gasteiger partial charge in [-0.15, -0.1) is 0 Å². The van der Waals surface area contributed by atoms with Gasteiger partial charge in [-0.25, -0.2) is 4.39 Å². The van der Waals surface area contributed by atoms with Gasteiger partial charge in [-0.05, 0) is 32.0 Å². The van der Waals surface area contributed by atoms with Crippen LogP contribution in [-0.2, 0) is 19.1 Å². The molecular weight excluding hydrogens is 491 g/mol. The van der Waals surface area contributed by atoms with E-state index in [0.29, 0.717) is 0 Å². The van der Waals surface area contributed by atoms with E-state index in [4.69, 9.17) is 14.2 Å². The molecule has 3 rings (SSSR count). The molecule has 2 aromatic rings. The summed E-state index contributed by atoms with van der Waals surface area (Å²) in [5.41, 5.74) is -2.49. The van der Waals surface area contributed by atoms with Gasteiger partial charge in [0, 0.05) is 36.2 Å². The number of benzene rings is 1. The summed E-state index contributed by atoms with van der Waals surface area (Å²) in [6, 6.07) is 4.61. The van der Waals surface area contributed by atoms with Crippen LogP contribution in [-0.4, -0.2) is 41.9 Å². The van der Waals surface area contributed by atoms with Crippen LogP contribution < -0.4 is 10.1 Å². The third kappa shape index (κ3) is 4.99. The van der Waals surface area contributed by atoms with E-state index >= 15 is 0 Å².